The maximum Gasteiger partial charge on any atom is 0.257 e. The molecular weight excluding hydrogens is 206 g/mol. The smallest absolute Gasteiger partial charge is 0.257 e. The van der Waals surface area contributed by atoms with Crippen LogP contribution in [0.3, 0.4) is 0 Å². The summed E-state index contributed by atoms with van der Waals surface area (Å²) in [7, 11) is 0. The van der Waals surface area contributed by atoms with E-state index < -0.39 is 0 Å². The van der Waals surface area contributed by atoms with E-state index in [-0.39, 0.29) is 12.5 Å². The van der Waals surface area contributed by atoms with Crippen molar-refractivity contribution >= 4 is 12.2 Å². The van der Waals surface area contributed by atoms with Crippen molar-refractivity contribution in [3.8, 4) is 5.75 Å². The molecule has 0 spiro atoms. The average Bonchev–Trinajstić information content (AvgIpc) is 2.27. The van der Waals surface area contributed by atoms with Gasteiger partial charge in [-0.25, -0.2) is 0 Å². The van der Waals surface area contributed by atoms with E-state index in [1.165, 1.54) is 0 Å². The van der Waals surface area contributed by atoms with E-state index in [1.807, 2.05) is 19.9 Å². The van der Waals surface area contributed by atoms with Crippen LogP contribution in [-0.4, -0.2) is 25.3 Å². The van der Waals surface area contributed by atoms with Crippen molar-refractivity contribution in [2.45, 2.75) is 13.8 Å². The van der Waals surface area contributed by atoms with Crippen LogP contribution in [0.5, 0.6) is 5.75 Å². The molecule has 16 heavy (non-hydrogen) atoms. The van der Waals surface area contributed by atoms with Gasteiger partial charge < -0.3 is 10.1 Å². The number of hydrogen-bond donors (Lipinski definition) is 1. The number of carbonyl (C=O) groups excluding carboxylic acids is 2. The molecule has 1 aromatic rings. The number of ether oxygens (including phenoxy) is 1. The molecule has 4 nitrogen and oxygen atoms in total. The van der Waals surface area contributed by atoms with Crippen LogP contribution in [0.2, 0.25) is 0 Å². The minimum absolute atomic E-state index is 0.0717. The molecule has 0 heterocycles. The highest BCUT2D eigenvalue weighted by molar-refractivity contribution is 5.81. The SMILES string of the molecule is CCNC(=O)COc1ccc(C)cc1C=O. The number of carbonyl (C=O) groups is 2. The molecule has 0 atom stereocenters. The Labute approximate surface area is 94.6 Å². The fourth-order valence-electron chi connectivity index (χ4n) is 1.28. The topological polar surface area (TPSA) is 55.4 Å². The van der Waals surface area contributed by atoms with Crippen molar-refractivity contribution in [3.05, 3.63) is 29.3 Å². The van der Waals surface area contributed by atoms with Crippen molar-refractivity contribution in [1.82, 2.24) is 5.32 Å². The molecule has 0 saturated carbocycles. The zero-order valence-corrected chi connectivity index (χ0v) is 9.45. The Morgan fingerprint density at radius 3 is 2.88 bits per heavy atom. The van der Waals surface area contributed by atoms with Gasteiger partial charge in [-0.15, -0.1) is 0 Å². The molecule has 4 heteroatoms. The van der Waals surface area contributed by atoms with Gasteiger partial charge in [0.2, 0.25) is 0 Å². The number of benzene rings is 1. The fourth-order valence-corrected chi connectivity index (χ4v) is 1.28. The zero-order chi connectivity index (χ0) is 12.0. The molecule has 0 aliphatic carbocycles. The highest BCUT2D eigenvalue weighted by Gasteiger charge is 2.05. The molecule has 1 rings (SSSR count). The maximum atomic E-state index is 11.2. The molecule has 0 bridgehead atoms. The summed E-state index contributed by atoms with van der Waals surface area (Å²) in [6.07, 6.45) is 0.722. The molecule has 1 N–H and O–H groups in total. The quantitative estimate of drug-likeness (QED) is 0.763. The van der Waals surface area contributed by atoms with E-state index in [0.717, 1.165) is 11.8 Å². The Morgan fingerprint density at radius 1 is 1.50 bits per heavy atom. The highest BCUT2D eigenvalue weighted by Crippen LogP contribution is 2.17. The summed E-state index contributed by atoms with van der Waals surface area (Å²) < 4.78 is 5.25. The number of rotatable bonds is 5. The molecule has 1 aromatic carbocycles. The fraction of sp³-hybridized carbons (Fsp3) is 0.333. The molecule has 86 valence electrons. The molecule has 0 aromatic heterocycles. The number of aldehydes is 1. The van der Waals surface area contributed by atoms with E-state index in [4.69, 9.17) is 4.74 Å². The van der Waals surface area contributed by atoms with Crippen molar-refractivity contribution < 1.29 is 14.3 Å². The van der Waals surface area contributed by atoms with Gasteiger partial charge in [-0.2, -0.15) is 0 Å². The predicted octanol–water partition coefficient (Wildman–Crippen LogP) is 1.32. The molecular formula is C12H15NO3. The highest BCUT2D eigenvalue weighted by atomic mass is 16.5. The van der Waals surface area contributed by atoms with Crippen LogP contribution in [0.1, 0.15) is 22.8 Å². The lowest BCUT2D eigenvalue weighted by atomic mass is 10.1. The minimum Gasteiger partial charge on any atom is -0.483 e. The average molecular weight is 221 g/mol. The summed E-state index contributed by atoms with van der Waals surface area (Å²) in [5.41, 5.74) is 1.44. The lowest BCUT2D eigenvalue weighted by Gasteiger charge is -2.08. The number of amides is 1. The lowest BCUT2D eigenvalue weighted by molar-refractivity contribution is -0.122. The summed E-state index contributed by atoms with van der Waals surface area (Å²) in [4.78, 5) is 21.9. The van der Waals surface area contributed by atoms with Crippen molar-refractivity contribution in [1.29, 1.82) is 0 Å². The second-order valence-electron chi connectivity index (χ2n) is 3.40. The summed E-state index contributed by atoms with van der Waals surface area (Å²) in [6, 6.07) is 5.25. The third-order valence-electron chi connectivity index (χ3n) is 2.02. The third-order valence-corrected chi connectivity index (χ3v) is 2.02. The number of nitrogens with one attached hydrogen (secondary N) is 1. The zero-order valence-electron chi connectivity index (χ0n) is 9.45. The van der Waals surface area contributed by atoms with E-state index in [0.29, 0.717) is 17.9 Å². The van der Waals surface area contributed by atoms with Crippen molar-refractivity contribution in [2.24, 2.45) is 0 Å². The molecule has 0 fully saturated rings. The van der Waals surface area contributed by atoms with Gasteiger partial charge in [0.1, 0.15) is 5.75 Å². The first-order valence-electron chi connectivity index (χ1n) is 5.12. The van der Waals surface area contributed by atoms with Crippen molar-refractivity contribution in [3.63, 3.8) is 0 Å². The van der Waals surface area contributed by atoms with Crippen LogP contribution in [0.25, 0.3) is 0 Å². The third kappa shape index (κ3) is 3.38. The minimum atomic E-state index is -0.195. The first kappa shape index (κ1) is 12.2. The van der Waals surface area contributed by atoms with Crippen LogP contribution in [-0.2, 0) is 4.79 Å². The number of hydrogen-bond acceptors (Lipinski definition) is 3. The van der Waals surface area contributed by atoms with Crippen molar-refractivity contribution in [2.75, 3.05) is 13.2 Å². The molecule has 0 aliphatic heterocycles. The van der Waals surface area contributed by atoms with E-state index in [9.17, 15) is 9.59 Å². The van der Waals surface area contributed by atoms with Gasteiger partial charge in [-0.05, 0) is 26.0 Å². The Kier molecular flexibility index (Phi) is 4.51. The van der Waals surface area contributed by atoms with Gasteiger partial charge >= 0.3 is 0 Å². The Hall–Kier alpha value is -1.84. The van der Waals surface area contributed by atoms with Crippen LogP contribution in [0, 0.1) is 6.92 Å². The van der Waals surface area contributed by atoms with Gasteiger partial charge in [0, 0.05) is 6.54 Å². The molecule has 1 amide bonds. The lowest BCUT2D eigenvalue weighted by Crippen LogP contribution is -2.28. The summed E-state index contributed by atoms with van der Waals surface area (Å²) in [6.45, 7) is 4.22. The standard InChI is InChI=1S/C12H15NO3/c1-3-13-12(15)8-16-11-5-4-9(2)6-10(11)7-14/h4-7H,3,8H2,1-2H3,(H,13,15). The Balaban J connectivity index is 2.66. The Morgan fingerprint density at radius 2 is 2.25 bits per heavy atom. The molecule has 0 saturated heterocycles. The van der Waals surface area contributed by atoms with Crippen LogP contribution < -0.4 is 10.1 Å². The molecule has 0 radical (unpaired) electrons. The second kappa shape index (κ2) is 5.90. The van der Waals surface area contributed by atoms with Gasteiger partial charge in [0.15, 0.2) is 12.9 Å². The maximum absolute atomic E-state index is 11.2. The first-order valence-corrected chi connectivity index (χ1v) is 5.12. The first-order chi connectivity index (χ1) is 7.67. The second-order valence-corrected chi connectivity index (χ2v) is 3.40. The summed E-state index contributed by atoms with van der Waals surface area (Å²) >= 11 is 0. The monoisotopic (exact) mass is 221 g/mol. The molecule has 0 unspecified atom stereocenters. The van der Waals surface area contributed by atoms with E-state index in [1.54, 1.807) is 12.1 Å². The number of likely N-dealkylation sites (N-methyl/N-ethyl adjacent to an activating group) is 1. The van der Waals surface area contributed by atoms with E-state index in [2.05, 4.69) is 5.32 Å². The molecule has 0 aliphatic rings. The summed E-state index contributed by atoms with van der Waals surface area (Å²) in [5.74, 6) is 0.242. The van der Waals surface area contributed by atoms with Gasteiger partial charge in [0.25, 0.3) is 5.91 Å². The van der Waals surface area contributed by atoms with Crippen LogP contribution >= 0.6 is 0 Å². The predicted molar refractivity (Wildman–Crippen MR) is 60.7 cm³/mol. The normalized spacial score (nSPS) is 9.62. The van der Waals surface area contributed by atoms with Gasteiger partial charge in [-0.3, -0.25) is 9.59 Å². The van der Waals surface area contributed by atoms with Crippen LogP contribution in [0.4, 0.5) is 0 Å². The Bertz CT molecular complexity index is 388. The summed E-state index contributed by atoms with van der Waals surface area (Å²) in [5, 5.41) is 2.61. The van der Waals surface area contributed by atoms with Gasteiger partial charge in [0.05, 0.1) is 5.56 Å². The van der Waals surface area contributed by atoms with Gasteiger partial charge in [-0.1, -0.05) is 11.6 Å². The number of aryl methyl sites for hydroxylation is 1. The largest absolute Gasteiger partial charge is 0.483 e. The van der Waals surface area contributed by atoms with Crippen LogP contribution in [0.15, 0.2) is 18.2 Å². The van der Waals surface area contributed by atoms with E-state index >= 15 is 0 Å².